The van der Waals surface area contributed by atoms with Crippen molar-refractivity contribution in [3.63, 3.8) is 0 Å². The molecule has 1 aliphatic heterocycles. The quantitative estimate of drug-likeness (QED) is 0.441. The van der Waals surface area contributed by atoms with E-state index < -0.39 is 16.0 Å². The summed E-state index contributed by atoms with van der Waals surface area (Å²) in [5, 5.41) is 3.82. The van der Waals surface area contributed by atoms with Crippen LogP contribution in [0.3, 0.4) is 0 Å². The van der Waals surface area contributed by atoms with Gasteiger partial charge in [-0.1, -0.05) is 57.0 Å². The zero-order valence-corrected chi connectivity index (χ0v) is 23.8. The maximum atomic E-state index is 13.6. The van der Waals surface area contributed by atoms with Crippen LogP contribution in [0.15, 0.2) is 69.9 Å². The Morgan fingerprint density at radius 3 is 1.89 bits per heavy atom. The van der Waals surface area contributed by atoms with Gasteiger partial charge in [-0.15, -0.1) is 0 Å². The summed E-state index contributed by atoms with van der Waals surface area (Å²) in [5.41, 5.74) is 3.38. The van der Waals surface area contributed by atoms with Crippen molar-refractivity contribution in [2.75, 3.05) is 0 Å². The van der Waals surface area contributed by atoms with Crippen molar-refractivity contribution in [3.05, 3.63) is 81.2 Å². The molecule has 0 spiro atoms. The lowest BCUT2D eigenvalue weighted by Gasteiger charge is -2.44. The minimum absolute atomic E-state index is 0.0140. The monoisotopic (exact) mass is 553 g/mol. The van der Waals surface area contributed by atoms with Crippen molar-refractivity contribution in [2.24, 2.45) is 10.8 Å². The van der Waals surface area contributed by atoms with Crippen LogP contribution in [-0.2, 0) is 19.7 Å². The van der Waals surface area contributed by atoms with E-state index in [1.165, 1.54) is 18.2 Å². The zero-order chi connectivity index (χ0) is 27.6. The molecule has 1 heterocycles. The Morgan fingerprint density at radius 1 is 0.842 bits per heavy atom. The molecule has 5 rings (SSSR count). The molecule has 0 aromatic heterocycles. The number of aryl methyl sites for hydroxylation is 1. The van der Waals surface area contributed by atoms with Crippen LogP contribution in [0.4, 0.5) is 0 Å². The Bertz CT molecular complexity index is 1480. The third-order valence-electron chi connectivity index (χ3n) is 7.51. The second-order valence-corrected chi connectivity index (χ2v) is 14.2. The molecule has 1 N–H and O–H groups in total. The largest absolute Gasteiger partial charge is 0.379 e. The second-order valence-electron chi connectivity index (χ2n) is 12.3. The molecule has 2 aliphatic carbocycles. The fraction of sp³-hybridized carbons (Fsp3) is 0.400. The van der Waals surface area contributed by atoms with E-state index in [9.17, 15) is 18.0 Å². The second kappa shape index (κ2) is 9.09. The van der Waals surface area contributed by atoms with E-state index in [2.05, 4.69) is 5.32 Å². The summed E-state index contributed by atoms with van der Waals surface area (Å²) >= 11 is 6.43. The Labute approximate surface area is 229 Å². The summed E-state index contributed by atoms with van der Waals surface area (Å²) in [6.07, 6.45) is 1.91. The minimum Gasteiger partial charge on any atom is -0.379 e. The van der Waals surface area contributed by atoms with Crippen molar-refractivity contribution < 1.29 is 22.2 Å². The molecule has 0 fully saturated rings. The molecule has 0 radical (unpaired) electrons. The Kier molecular flexibility index (Phi) is 6.39. The molecule has 2 aromatic carbocycles. The number of hydrogen-bond acceptors (Lipinski definition) is 6. The van der Waals surface area contributed by atoms with Gasteiger partial charge in [-0.2, -0.15) is 8.42 Å². The van der Waals surface area contributed by atoms with E-state index in [1.54, 1.807) is 24.3 Å². The third-order valence-corrected chi connectivity index (χ3v) is 8.99. The van der Waals surface area contributed by atoms with Crippen LogP contribution in [0.25, 0.3) is 0 Å². The number of Topliss-reactive ketones (excluding diaryl/α,β-unsaturated/α-hetero) is 2. The average Bonchev–Trinajstić information content (AvgIpc) is 2.77. The molecule has 0 saturated carbocycles. The highest BCUT2D eigenvalue weighted by molar-refractivity contribution is 7.87. The number of rotatable bonds is 4. The number of benzene rings is 2. The van der Waals surface area contributed by atoms with Gasteiger partial charge in [0.2, 0.25) is 0 Å². The minimum atomic E-state index is -4.19. The van der Waals surface area contributed by atoms with E-state index >= 15 is 0 Å². The van der Waals surface area contributed by atoms with Crippen LogP contribution in [0, 0.1) is 17.8 Å². The van der Waals surface area contributed by atoms with Crippen LogP contribution in [0.5, 0.6) is 5.75 Å². The van der Waals surface area contributed by atoms with E-state index in [4.69, 9.17) is 15.8 Å². The number of nitrogens with one attached hydrogen (secondary N) is 1. The molecule has 8 heteroatoms. The molecule has 0 amide bonds. The van der Waals surface area contributed by atoms with Crippen molar-refractivity contribution in [3.8, 4) is 5.75 Å². The standard InChI is InChI=1S/C30H32ClNO5S/c1-17-6-9-19(10-7-17)38(35,36)37-25-11-8-18(31)12-20(25)26-27-21(13-29(2,3)15-23(27)33)32-22-14-30(4,5)16-24(34)28(22)26/h6-12,26,32H,13-16H2,1-5H3. The Balaban J connectivity index is 1.70. The summed E-state index contributed by atoms with van der Waals surface area (Å²) in [4.78, 5) is 27.3. The van der Waals surface area contributed by atoms with Crippen LogP contribution >= 0.6 is 11.6 Å². The van der Waals surface area contributed by atoms with Gasteiger partial charge in [0.1, 0.15) is 10.6 Å². The first-order chi connectivity index (χ1) is 17.7. The van der Waals surface area contributed by atoms with E-state index in [1.807, 2.05) is 34.6 Å². The molecular weight excluding hydrogens is 522 g/mol. The van der Waals surface area contributed by atoms with Crippen molar-refractivity contribution in [2.45, 2.75) is 71.1 Å². The number of carbonyl (C=O) groups excluding carboxylic acids is 2. The van der Waals surface area contributed by atoms with Crippen molar-refractivity contribution in [1.82, 2.24) is 5.32 Å². The molecule has 0 saturated heterocycles. The number of allylic oxidation sites excluding steroid dienone is 4. The van der Waals surface area contributed by atoms with Crippen LogP contribution < -0.4 is 9.50 Å². The highest BCUT2D eigenvalue weighted by Crippen LogP contribution is 2.52. The summed E-state index contributed by atoms with van der Waals surface area (Å²) in [6.45, 7) is 10.1. The summed E-state index contributed by atoms with van der Waals surface area (Å²) in [6, 6.07) is 11.0. The summed E-state index contributed by atoms with van der Waals surface area (Å²) in [5.74, 6) is -0.846. The smallest absolute Gasteiger partial charge is 0.339 e. The first kappa shape index (κ1) is 26.7. The first-order valence-corrected chi connectivity index (χ1v) is 14.5. The molecule has 38 heavy (non-hydrogen) atoms. The average molecular weight is 554 g/mol. The van der Waals surface area contributed by atoms with Crippen molar-refractivity contribution >= 4 is 33.3 Å². The fourth-order valence-corrected chi connectivity index (χ4v) is 7.03. The Morgan fingerprint density at radius 2 is 1.37 bits per heavy atom. The number of carbonyl (C=O) groups is 2. The van der Waals surface area contributed by atoms with Gasteiger partial charge in [0.15, 0.2) is 11.6 Å². The van der Waals surface area contributed by atoms with Gasteiger partial charge in [-0.3, -0.25) is 9.59 Å². The molecule has 6 nitrogen and oxygen atoms in total. The number of dihydropyridines is 1. The maximum Gasteiger partial charge on any atom is 0.339 e. The molecule has 0 unspecified atom stereocenters. The fourth-order valence-electron chi connectivity index (χ4n) is 5.89. The molecule has 3 aliphatic rings. The van der Waals surface area contributed by atoms with Gasteiger partial charge in [-0.25, -0.2) is 0 Å². The van der Waals surface area contributed by atoms with Gasteiger partial charge in [0, 0.05) is 51.9 Å². The van der Waals surface area contributed by atoms with Crippen LogP contribution in [0.2, 0.25) is 5.02 Å². The van der Waals surface area contributed by atoms with Gasteiger partial charge in [-0.05, 0) is 60.9 Å². The normalized spacial score (nSPS) is 21.1. The molecule has 200 valence electrons. The SMILES string of the molecule is Cc1ccc(S(=O)(=O)Oc2ccc(Cl)cc2C2C3=C(CC(C)(C)CC3=O)NC3=C2C(=O)CC(C)(C)C3)cc1. The molecule has 0 bridgehead atoms. The van der Waals surface area contributed by atoms with Gasteiger partial charge in [0.05, 0.1) is 0 Å². The highest BCUT2D eigenvalue weighted by atomic mass is 35.5. The molecule has 0 atom stereocenters. The number of ketones is 2. The summed E-state index contributed by atoms with van der Waals surface area (Å²) < 4.78 is 32.2. The number of halogens is 1. The lowest BCUT2D eigenvalue weighted by atomic mass is 9.64. The van der Waals surface area contributed by atoms with Gasteiger partial charge in [0.25, 0.3) is 0 Å². The highest BCUT2D eigenvalue weighted by Gasteiger charge is 2.47. The zero-order valence-electron chi connectivity index (χ0n) is 22.3. The maximum absolute atomic E-state index is 13.6. The van der Waals surface area contributed by atoms with Gasteiger partial charge >= 0.3 is 10.1 Å². The lowest BCUT2D eigenvalue weighted by molar-refractivity contribution is -0.119. The van der Waals surface area contributed by atoms with Gasteiger partial charge < -0.3 is 9.50 Å². The topological polar surface area (TPSA) is 89.5 Å². The molecule has 2 aromatic rings. The van der Waals surface area contributed by atoms with E-state index in [0.717, 1.165) is 17.0 Å². The predicted octanol–water partition coefficient (Wildman–Crippen LogP) is 6.39. The van der Waals surface area contributed by atoms with Crippen LogP contribution in [0.1, 0.15) is 70.4 Å². The Hall–Kier alpha value is -2.90. The number of hydrogen-bond donors (Lipinski definition) is 1. The third kappa shape index (κ3) is 4.94. The summed E-state index contributed by atoms with van der Waals surface area (Å²) in [7, 11) is -4.19. The first-order valence-electron chi connectivity index (χ1n) is 12.8. The van der Waals surface area contributed by atoms with Crippen LogP contribution in [-0.4, -0.2) is 20.0 Å². The van der Waals surface area contributed by atoms with E-state index in [-0.39, 0.29) is 33.0 Å². The van der Waals surface area contributed by atoms with Crippen molar-refractivity contribution in [1.29, 1.82) is 0 Å². The molecular formula is C30H32ClNO5S. The van der Waals surface area contributed by atoms with E-state index in [0.29, 0.717) is 47.4 Å². The predicted molar refractivity (Wildman–Crippen MR) is 146 cm³/mol. The lowest BCUT2D eigenvalue weighted by Crippen LogP contribution is -2.42.